The van der Waals surface area contributed by atoms with E-state index in [1.165, 1.54) is 36.4 Å². The van der Waals surface area contributed by atoms with Crippen LogP contribution in [0.1, 0.15) is 17.0 Å². The molecule has 1 saturated heterocycles. The van der Waals surface area contributed by atoms with E-state index in [9.17, 15) is 27.2 Å². The van der Waals surface area contributed by atoms with Crippen LogP contribution in [-0.2, 0) is 15.8 Å². The molecule has 0 radical (unpaired) electrons. The molecule has 2 atom stereocenters. The molecular weight excluding hydrogens is 503 g/mol. The monoisotopic (exact) mass is 522 g/mol. The van der Waals surface area contributed by atoms with Gasteiger partial charge in [0.25, 0.3) is 0 Å². The molecule has 170 valence electrons. The van der Waals surface area contributed by atoms with Crippen molar-refractivity contribution in [3.63, 3.8) is 0 Å². The molecule has 33 heavy (non-hydrogen) atoms. The average Bonchev–Trinajstić information content (AvgIpc) is 3.12. The van der Waals surface area contributed by atoms with E-state index in [-0.39, 0.29) is 17.8 Å². The maximum atomic E-state index is 14.3. The number of carbonyl (C=O) groups excluding carboxylic acids is 2. The number of carbonyl (C=O) groups is 2. The summed E-state index contributed by atoms with van der Waals surface area (Å²) in [7, 11) is 0. The summed E-state index contributed by atoms with van der Waals surface area (Å²) in [5.41, 5.74) is -0.757. The van der Waals surface area contributed by atoms with Crippen molar-refractivity contribution < 1.29 is 27.2 Å². The first kappa shape index (κ1) is 23.0. The molecule has 1 fully saturated rings. The zero-order valence-corrected chi connectivity index (χ0v) is 18.7. The van der Waals surface area contributed by atoms with Crippen molar-refractivity contribution in [2.24, 2.45) is 0 Å². The number of anilines is 1. The van der Waals surface area contributed by atoms with Gasteiger partial charge in [0.05, 0.1) is 0 Å². The summed E-state index contributed by atoms with van der Waals surface area (Å²) < 4.78 is 53.3. The zero-order valence-electron chi connectivity index (χ0n) is 17.0. The molecule has 3 aromatic rings. The first-order valence-corrected chi connectivity index (χ1v) is 11.7. The van der Waals surface area contributed by atoms with Crippen LogP contribution in [0.4, 0.5) is 23.2 Å². The molecular formula is C24H18F4N2O2Se. The summed E-state index contributed by atoms with van der Waals surface area (Å²) in [5, 5.41) is 5.17. The summed E-state index contributed by atoms with van der Waals surface area (Å²) >= 11 is -0.816. The Morgan fingerprint density at radius 1 is 1.00 bits per heavy atom. The number of halogens is 4. The zero-order chi connectivity index (χ0) is 23.6. The summed E-state index contributed by atoms with van der Waals surface area (Å²) in [6.45, 7) is -0.0145. The van der Waals surface area contributed by atoms with Crippen LogP contribution in [0.15, 0.2) is 78.9 Å². The number of rotatable bonds is 5. The van der Waals surface area contributed by atoms with E-state index in [1.54, 1.807) is 30.3 Å². The summed E-state index contributed by atoms with van der Waals surface area (Å²) in [4.78, 5) is 26.8. The van der Waals surface area contributed by atoms with Crippen molar-refractivity contribution in [2.45, 2.75) is 16.4 Å². The van der Waals surface area contributed by atoms with Gasteiger partial charge in [-0.2, -0.15) is 0 Å². The van der Waals surface area contributed by atoms with Crippen LogP contribution in [-0.4, -0.2) is 33.3 Å². The standard InChI is InChI=1S/C24H18F4N2O2Se/c25-19-11-4-5-12-20(19)30-22(32)23(33-17-9-2-1-3-10-17)18(14-29-21(23)31)15-7-6-8-16(13-15)24(26,27)28/h1-13,18H,14H2,(H,29,31)(H,30,32). The number of hydrogen-bond acceptors (Lipinski definition) is 2. The van der Waals surface area contributed by atoms with Crippen molar-refractivity contribution in [1.82, 2.24) is 5.32 Å². The molecule has 0 bridgehead atoms. The molecule has 1 aliphatic heterocycles. The summed E-state index contributed by atoms with van der Waals surface area (Å²) in [6.07, 6.45) is -4.57. The first-order chi connectivity index (χ1) is 15.7. The predicted molar refractivity (Wildman–Crippen MR) is 117 cm³/mol. The molecule has 0 aliphatic carbocycles. The fraction of sp³-hybridized carbons (Fsp3) is 0.167. The van der Waals surface area contributed by atoms with E-state index in [1.807, 2.05) is 0 Å². The van der Waals surface area contributed by atoms with Crippen molar-refractivity contribution in [2.75, 3.05) is 11.9 Å². The van der Waals surface area contributed by atoms with Gasteiger partial charge in [-0.1, -0.05) is 0 Å². The number of para-hydroxylation sites is 1. The van der Waals surface area contributed by atoms with Gasteiger partial charge < -0.3 is 0 Å². The van der Waals surface area contributed by atoms with Gasteiger partial charge in [-0.3, -0.25) is 0 Å². The van der Waals surface area contributed by atoms with E-state index in [2.05, 4.69) is 10.6 Å². The van der Waals surface area contributed by atoms with Gasteiger partial charge in [0.1, 0.15) is 0 Å². The number of nitrogens with one attached hydrogen (secondary N) is 2. The number of amides is 2. The minimum absolute atomic E-state index is 0.0145. The predicted octanol–water partition coefficient (Wildman–Crippen LogP) is 3.89. The third-order valence-corrected chi connectivity index (χ3v) is 8.51. The molecule has 4 rings (SSSR count). The number of benzene rings is 3. The van der Waals surface area contributed by atoms with Gasteiger partial charge in [0, 0.05) is 0 Å². The van der Waals surface area contributed by atoms with E-state index >= 15 is 0 Å². The van der Waals surface area contributed by atoms with Crippen molar-refractivity contribution in [1.29, 1.82) is 0 Å². The maximum absolute atomic E-state index is 14.3. The summed E-state index contributed by atoms with van der Waals surface area (Å²) in [5.74, 6) is -2.90. The van der Waals surface area contributed by atoms with Gasteiger partial charge in [-0.05, 0) is 0 Å². The number of hydrogen-bond donors (Lipinski definition) is 2. The Morgan fingerprint density at radius 3 is 2.39 bits per heavy atom. The Morgan fingerprint density at radius 2 is 1.70 bits per heavy atom. The van der Waals surface area contributed by atoms with Crippen LogP contribution < -0.4 is 15.1 Å². The van der Waals surface area contributed by atoms with Crippen LogP contribution in [0.2, 0.25) is 4.31 Å². The normalized spacial score (nSPS) is 20.4. The summed E-state index contributed by atoms with van der Waals surface area (Å²) in [6, 6.07) is 19.0. The molecule has 0 saturated carbocycles. The molecule has 1 heterocycles. The second kappa shape index (κ2) is 9.00. The van der Waals surface area contributed by atoms with Crippen LogP contribution in [0, 0.1) is 5.82 Å². The van der Waals surface area contributed by atoms with E-state index in [4.69, 9.17) is 0 Å². The topological polar surface area (TPSA) is 58.2 Å². The number of alkyl halides is 3. The molecule has 0 spiro atoms. The van der Waals surface area contributed by atoms with Gasteiger partial charge in [-0.15, -0.1) is 0 Å². The first-order valence-electron chi connectivity index (χ1n) is 9.97. The van der Waals surface area contributed by atoms with Crippen molar-refractivity contribution in [3.05, 3.63) is 95.8 Å². The van der Waals surface area contributed by atoms with E-state index in [0.717, 1.165) is 12.1 Å². The molecule has 9 heteroatoms. The van der Waals surface area contributed by atoms with Gasteiger partial charge in [0.2, 0.25) is 0 Å². The third kappa shape index (κ3) is 4.51. The third-order valence-electron chi connectivity index (χ3n) is 5.39. The molecule has 2 unspecified atom stereocenters. The fourth-order valence-electron chi connectivity index (χ4n) is 3.79. The van der Waals surface area contributed by atoms with Gasteiger partial charge in [0.15, 0.2) is 0 Å². The Bertz CT molecular complexity index is 1190. The van der Waals surface area contributed by atoms with Gasteiger partial charge in [-0.25, -0.2) is 0 Å². The van der Waals surface area contributed by atoms with Crippen LogP contribution in [0.5, 0.6) is 0 Å². The minimum atomic E-state index is -4.57. The quantitative estimate of drug-likeness (QED) is 0.304. The van der Waals surface area contributed by atoms with Crippen molar-refractivity contribution in [3.8, 4) is 0 Å². The van der Waals surface area contributed by atoms with Crippen LogP contribution >= 0.6 is 0 Å². The van der Waals surface area contributed by atoms with E-state index in [0.29, 0.717) is 4.46 Å². The molecule has 1 aliphatic rings. The van der Waals surface area contributed by atoms with E-state index < -0.39 is 54.6 Å². The molecule has 3 aromatic carbocycles. The Labute approximate surface area is 193 Å². The Hall–Kier alpha value is -3.16. The second-order valence-corrected chi connectivity index (χ2v) is 10.2. The average molecular weight is 521 g/mol. The molecule has 2 N–H and O–H groups in total. The Kier molecular flexibility index (Phi) is 6.28. The van der Waals surface area contributed by atoms with Crippen LogP contribution in [0.3, 0.4) is 0 Å². The molecule has 4 nitrogen and oxygen atoms in total. The molecule has 0 aromatic heterocycles. The van der Waals surface area contributed by atoms with Crippen LogP contribution in [0.25, 0.3) is 0 Å². The SMILES string of the molecule is O=C1NCC(c2cccc(C(F)(F)F)c2)C1([Se]c1ccccc1)C(=O)Nc1ccccc1F. The fourth-order valence-corrected chi connectivity index (χ4v) is 6.59. The Balaban J connectivity index is 1.82. The van der Waals surface area contributed by atoms with Crippen molar-refractivity contribution >= 4 is 36.9 Å². The van der Waals surface area contributed by atoms with Gasteiger partial charge >= 0.3 is 193 Å². The molecule has 2 amide bonds. The second-order valence-electron chi connectivity index (χ2n) is 7.47.